The third-order valence-electron chi connectivity index (χ3n) is 4.74. The van der Waals surface area contributed by atoms with Crippen LogP contribution in [-0.2, 0) is 0 Å². The summed E-state index contributed by atoms with van der Waals surface area (Å²) < 4.78 is 9.37. The van der Waals surface area contributed by atoms with Gasteiger partial charge in [0.15, 0.2) is 5.75 Å². The number of carboxylic acids is 1. The van der Waals surface area contributed by atoms with Crippen molar-refractivity contribution in [2.75, 3.05) is 7.05 Å². The maximum Gasteiger partial charge on any atom is 0.337 e. The van der Waals surface area contributed by atoms with Gasteiger partial charge >= 0.3 is 5.97 Å². The smallest absolute Gasteiger partial charge is 0.337 e. The van der Waals surface area contributed by atoms with Gasteiger partial charge in [0, 0.05) is 25.5 Å². The summed E-state index contributed by atoms with van der Waals surface area (Å²) in [4.78, 5) is 23.5. The molecule has 0 radical (unpaired) electrons. The molecule has 142 valence electrons. The number of nitrogens with one attached hydrogen (secondary N) is 1. The Hall–Kier alpha value is -3.81. The number of aromatic carboxylic acids is 1. The summed E-state index contributed by atoms with van der Waals surface area (Å²) in [5, 5.41) is 16.2. The van der Waals surface area contributed by atoms with Crippen molar-refractivity contribution in [1.29, 1.82) is 0 Å². The number of carboxylic acid groups (broad SMARTS) is 1. The number of carbonyl (C=O) groups excluding carboxylic acids is 1. The average molecular weight is 378 g/mol. The maximum absolute atomic E-state index is 12.1. The van der Waals surface area contributed by atoms with Crippen LogP contribution in [0.25, 0.3) is 11.0 Å². The lowest BCUT2D eigenvalue weighted by Crippen LogP contribution is -2.18. The van der Waals surface area contributed by atoms with Gasteiger partial charge in [-0.3, -0.25) is 4.79 Å². The van der Waals surface area contributed by atoms with Crippen molar-refractivity contribution >= 4 is 22.9 Å². The number of ether oxygens (including phenoxy) is 1. The second-order valence-corrected chi connectivity index (χ2v) is 6.49. The van der Waals surface area contributed by atoms with Crippen LogP contribution >= 0.6 is 0 Å². The predicted molar refractivity (Wildman–Crippen MR) is 102 cm³/mol. The van der Waals surface area contributed by atoms with Gasteiger partial charge in [0.1, 0.15) is 11.3 Å². The summed E-state index contributed by atoms with van der Waals surface area (Å²) in [7, 11) is 1.60. The van der Waals surface area contributed by atoms with Crippen molar-refractivity contribution in [2.24, 2.45) is 0 Å². The Morgan fingerprint density at radius 2 is 1.93 bits per heavy atom. The molecule has 0 unspecified atom stereocenters. The molecule has 0 aliphatic carbocycles. The Bertz CT molecular complexity index is 1250. The molecule has 0 fully saturated rings. The maximum atomic E-state index is 12.1. The molecule has 0 aliphatic rings. The van der Waals surface area contributed by atoms with E-state index in [0.717, 1.165) is 11.1 Å². The van der Waals surface area contributed by atoms with Gasteiger partial charge in [-0.05, 0) is 37.1 Å². The molecule has 0 saturated carbocycles. The molecule has 0 spiro atoms. The van der Waals surface area contributed by atoms with E-state index in [4.69, 9.17) is 4.74 Å². The SMILES string of the molecule is CNC(=O)c1c(C)cn2cc(Oc3ccnn4cc(C(=O)O)c(C)c34)ccc12. The molecular weight excluding hydrogens is 360 g/mol. The second kappa shape index (κ2) is 6.41. The van der Waals surface area contributed by atoms with Crippen LogP contribution in [0.4, 0.5) is 0 Å². The molecule has 4 heterocycles. The minimum absolute atomic E-state index is 0.144. The fraction of sp³-hybridized carbons (Fsp3) is 0.150. The Kier molecular flexibility index (Phi) is 4.03. The van der Waals surface area contributed by atoms with Crippen LogP contribution in [0.15, 0.2) is 43.0 Å². The summed E-state index contributed by atoms with van der Waals surface area (Å²) in [6.45, 7) is 3.60. The second-order valence-electron chi connectivity index (χ2n) is 6.49. The van der Waals surface area contributed by atoms with Crippen molar-refractivity contribution in [3.05, 3.63) is 65.2 Å². The highest BCUT2D eigenvalue weighted by Crippen LogP contribution is 2.31. The Labute approximate surface area is 160 Å². The van der Waals surface area contributed by atoms with Crippen LogP contribution < -0.4 is 10.1 Å². The fourth-order valence-electron chi connectivity index (χ4n) is 3.42. The molecule has 0 bridgehead atoms. The first kappa shape index (κ1) is 17.6. The van der Waals surface area contributed by atoms with E-state index in [0.29, 0.717) is 28.1 Å². The van der Waals surface area contributed by atoms with Crippen molar-refractivity contribution in [2.45, 2.75) is 13.8 Å². The molecular formula is C20H18N4O4. The Morgan fingerprint density at radius 3 is 2.64 bits per heavy atom. The largest absolute Gasteiger partial charge is 0.478 e. The zero-order valence-corrected chi connectivity index (χ0v) is 15.6. The van der Waals surface area contributed by atoms with Crippen LogP contribution in [0, 0.1) is 13.8 Å². The van der Waals surface area contributed by atoms with E-state index in [-0.39, 0.29) is 11.5 Å². The molecule has 0 aliphatic heterocycles. The van der Waals surface area contributed by atoms with Gasteiger partial charge in [0.25, 0.3) is 5.91 Å². The average Bonchev–Trinajstić information content (AvgIpc) is 3.18. The van der Waals surface area contributed by atoms with Gasteiger partial charge in [-0.15, -0.1) is 0 Å². The summed E-state index contributed by atoms with van der Waals surface area (Å²) in [5.74, 6) is -0.110. The first-order valence-corrected chi connectivity index (χ1v) is 8.62. The monoisotopic (exact) mass is 378 g/mol. The normalized spacial score (nSPS) is 11.1. The van der Waals surface area contributed by atoms with Crippen LogP contribution in [-0.4, -0.2) is 38.0 Å². The van der Waals surface area contributed by atoms with Crippen molar-refractivity contribution in [1.82, 2.24) is 19.3 Å². The summed E-state index contributed by atoms with van der Waals surface area (Å²) in [6, 6.07) is 5.28. The van der Waals surface area contributed by atoms with Gasteiger partial charge in [0.05, 0.1) is 29.0 Å². The Balaban J connectivity index is 1.78. The third kappa shape index (κ3) is 2.66. The molecule has 2 N–H and O–H groups in total. The van der Waals surface area contributed by atoms with E-state index < -0.39 is 5.97 Å². The topological polar surface area (TPSA) is 97.3 Å². The number of pyridine rings is 1. The molecule has 4 aromatic rings. The molecule has 4 aromatic heterocycles. The predicted octanol–water partition coefficient (Wildman–Crippen LogP) is 3.05. The van der Waals surface area contributed by atoms with Gasteiger partial charge in [-0.2, -0.15) is 5.10 Å². The highest BCUT2D eigenvalue weighted by atomic mass is 16.5. The summed E-state index contributed by atoms with van der Waals surface area (Å²) >= 11 is 0. The van der Waals surface area contributed by atoms with Gasteiger partial charge in [-0.1, -0.05) is 0 Å². The van der Waals surface area contributed by atoms with Gasteiger partial charge < -0.3 is 19.6 Å². The summed E-state index contributed by atoms with van der Waals surface area (Å²) in [6.07, 6.45) is 6.66. The number of hydrogen-bond acceptors (Lipinski definition) is 4. The number of fused-ring (bicyclic) bond motifs is 2. The summed E-state index contributed by atoms with van der Waals surface area (Å²) in [5.41, 5.74) is 3.60. The van der Waals surface area contributed by atoms with Crippen LogP contribution in [0.5, 0.6) is 11.5 Å². The lowest BCUT2D eigenvalue weighted by Gasteiger charge is -2.09. The number of aryl methyl sites for hydroxylation is 2. The van der Waals surface area contributed by atoms with E-state index in [1.54, 1.807) is 38.5 Å². The highest BCUT2D eigenvalue weighted by Gasteiger charge is 2.18. The number of amides is 1. The molecule has 0 saturated heterocycles. The number of rotatable bonds is 4. The van der Waals surface area contributed by atoms with E-state index in [9.17, 15) is 14.7 Å². The standard InChI is InChI=1S/C20H18N4O4/c1-11-8-23-9-13(4-5-15(23)17(11)19(25)21-3)28-16-6-7-22-24-10-14(20(26)27)12(2)18(16)24/h4-10H,1-3H3,(H,21,25)(H,26,27). The highest BCUT2D eigenvalue weighted by molar-refractivity contribution is 6.02. The zero-order valence-electron chi connectivity index (χ0n) is 15.6. The molecule has 8 heteroatoms. The number of nitrogens with zero attached hydrogens (tertiary/aromatic N) is 3. The lowest BCUT2D eigenvalue weighted by atomic mass is 10.1. The molecule has 8 nitrogen and oxygen atoms in total. The number of aromatic nitrogens is 3. The van der Waals surface area contributed by atoms with Crippen molar-refractivity contribution in [3.8, 4) is 11.5 Å². The Morgan fingerprint density at radius 1 is 1.14 bits per heavy atom. The van der Waals surface area contributed by atoms with E-state index >= 15 is 0 Å². The molecule has 28 heavy (non-hydrogen) atoms. The minimum atomic E-state index is -1.01. The molecule has 0 atom stereocenters. The molecule has 1 amide bonds. The van der Waals surface area contributed by atoms with Crippen LogP contribution in [0.3, 0.4) is 0 Å². The fourth-order valence-corrected chi connectivity index (χ4v) is 3.42. The van der Waals surface area contributed by atoms with Crippen LogP contribution in [0.2, 0.25) is 0 Å². The van der Waals surface area contributed by atoms with Gasteiger partial charge in [-0.25, -0.2) is 9.31 Å². The zero-order chi connectivity index (χ0) is 20.0. The van der Waals surface area contributed by atoms with Crippen LogP contribution in [0.1, 0.15) is 31.8 Å². The van der Waals surface area contributed by atoms with Crippen molar-refractivity contribution < 1.29 is 19.4 Å². The quantitative estimate of drug-likeness (QED) is 0.569. The number of hydrogen-bond donors (Lipinski definition) is 2. The van der Waals surface area contributed by atoms with E-state index in [1.807, 2.05) is 23.6 Å². The number of carbonyl (C=O) groups is 2. The first-order chi connectivity index (χ1) is 13.4. The first-order valence-electron chi connectivity index (χ1n) is 8.62. The minimum Gasteiger partial charge on any atom is -0.478 e. The van der Waals surface area contributed by atoms with Gasteiger partial charge in [0.2, 0.25) is 0 Å². The molecule has 0 aromatic carbocycles. The third-order valence-corrected chi connectivity index (χ3v) is 4.74. The van der Waals surface area contributed by atoms with E-state index in [1.165, 1.54) is 10.7 Å². The van der Waals surface area contributed by atoms with E-state index in [2.05, 4.69) is 10.4 Å². The lowest BCUT2D eigenvalue weighted by molar-refractivity contribution is 0.0696. The molecule has 4 rings (SSSR count). The van der Waals surface area contributed by atoms with Crippen molar-refractivity contribution in [3.63, 3.8) is 0 Å².